The molecule has 1 aromatic carbocycles. The third-order valence-corrected chi connectivity index (χ3v) is 5.82. The fraction of sp³-hybridized carbons (Fsp3) is 0.556. The predicted molar refractivity (Wildman–Crippen MR) is 97.6 cm³/mol. The number of amides is 2. The van der Waals surface area contributed by atoms with Crippen molar-refractivity contribution >= 4 is 29.3 Å². The number of thioether (sulfide) groups is 1. The molecule has 6 heteroatoms. The normalized spacial score (nSPS) is 22.4. The maximum absolute atomic E-state index is 12.4. The first-order chi connectivity index (χ1) is 11.5. The van der Waals surface area contributed by atoms with E-state index >= 15 is 0 Å². The second-order valence-electron chi connectivity index (χ2n) is 6.85. The molecule has 2 N–H and O–H groups in total. The van der Waals surface area contributed by atoms with Crippen LogP contribution in [0.3, 0.4) is 0 Å². The monoisotopic (exact) mass is 347 g/mol. The van der Waals surface area contributed by atoms with Gasteiger partial charge < -0.3 is 10.6 Å². The number of carbonyl (C=O) groups excluding carboxylic acids is 2. The van der Waals surface area contributed by atoms with Crippen LogP contribution in [0.15, 0.2) is 23.1 Å². The van der Waals surface area contributed by atoms with E-state index in [9.17, 15) is 9.59 Å². The number of carbonyl (C=O) groups is 2. The summed E-state index contributed by atoms with van der Waals surface area (Å²) in [7, 11) is 0. The highest BCUT2D eigenvalue weighted by Gasteiger charge is 2.22. The SMILES string of the molecule is C[C@@H]1CCCN([C@H](C)CNC(=O)c2ccc3c(c2)NC(=O)CS3)C1. The molecule has 24 heavy (non-hydrogen) atoms. The lowest BCUT2D eigenvalue weighted by Crippen LogP contribution is -2.46. The standard InChI is InChI=1S/C18H25N3O2S/c1-12-4-3-7-21(10-12)13(2)9-19-18(23)14-5-6-16-15(8-14)20-17(22)11-24-16/h5-6,8,12-13H,3-4,7,9-11H2,1-2H3,(H,19,23)(H,20,22)/t12-,13-/m1/s1. The topological polar surface area (TPSA) is 61.4 Å². The van der Waals surface area contributed by atoms with Crippen molar-refractivity contribution in [3.8, 4) is 0 Å². The smallest absolute Gasteiger partial charge is 0.251 e. The minimum absolute atomic E-state index is 0.0158. The molecule has 0 spiro atoms. The zero-order valence-corrected chi connectivity index (χ0v) is 15.1. The molecule has 0 radical (unpaired) electrons. The number of fused-ring (bicyclic) bond motifs is 1. The van der Waals surface area contributed by atoms with Crippen LogP contribution in [0.2, 0.25) is 0 Å². The van der Waals surface area contributed by atoms with Gasteiger partial charge in [0.1, 0.15) is 0 Å². The summed E-state index contributed by atoms with van der Waals surface area (Å²) in [6.45, 7) is 7.32. The minimum Gasteiger partial charge on any atom is -0.350 e. The molecule has 0 bridgehead atoms. The van der Waals surface area contributed by atoms with Gasteiger partial charge in [0.05, 0.1) is 11.4 Å². The van der Waals surface area contributed by atoms with Gasteiger partial charge in [-0.05, 0) is 50.4 Å². The van der Waals surface area contributed by atoms with Gasteiger partial charge in [-0.2, -0.15) is 0 Å². The van der Waals surface area contributed by atoms with E-state index in [1.165, 1.54) is 24.6 Å². The molecule has 2 heterocycles. The number of hydrogen-bond donors (Lipinski definition) is 2. The van der Waals surface area contributed by atoms with Crippen LogP contribution in [0.5, 0.6) is 0 Å². The minimum atomic E-state index is -0.0838. The van der Waals surface area contributed by atoms with E-state index in [0.717, 1.165) is 29.6 Å². The summed E-state index contributed by atoms with van der Waals surface area (Å²) in [4.78, 5) is 27.4. The zero-order chi connectivity index (χ0) is 17.1. The Morgan fingerprint density at radius 2 is 2.33 bits per heavy atom. The molecule has 0 saturated carbocycles. The Bertz CT molecular complexity index is 635. The van der Waals surface area contributed by atoms with E-state index < -0.39 is 0 Å². The van der Waals surface area contributed by atoms with E-state index in [1.807, 2.05) is 12.1 Å². The number of nitrogens with one attached hydrogen (secondary N) is 2. The molecule has 2 atom stereocenters. The Labute approximate surface area is 147 Å². The first-order valence-corrected chi connectivity index (χ1v) is 9.60. The molecule has 130 valence electrons. The number of hydrogen-bond acceptors (Lipinski definition) is 4. The third-order valence-electron chi connectivity index (χ3n) is 4.74. The van der Waals surface area contributed by atoms with Crippen molar-refractivity contribution in [2.45, 2.75) is 37.6 Å². The Balaban J connectivity index is 1.57. The summed E-state index contributed by atoms with van der Waals surface area (Å²) in [5.41, 5.74) is 1.33. The number of nitrogens with zero attached hydrogens (tertiary/aromatic N) is 1. The van der Waals surface area contributed by atoms with Crippen molar-refractivity contribution in [1.82, 2.24) is 10.2 Å². The first-order valence-electron chi connectivity index (χ1n) is 8.62. The van der Waals surface area contributed by atoms with Crippen LogP contribution in [-0.4, -0.2) is 48.1 Å². The molecule has 2 amide bonds. The average Bonchev–Trinajstić information content (AvgIpc) is 2.58. The van der Waals surface area contributed by atoms with Gasteiger partial charge in [0, 0.05) is 29.6 Å². The largest absolute Gasteiger partial charge is 0.350 e. The number of benzene rings is 1. The second kappa shape index (κ2) is 7.57. The van der Waals surface area contributed by atoms with Gasteiger partial charge in [-0.3, -0.25) is 14.5 Å². The quantitative estimate of drug-likeness (QED) is 0.879. The lowest BCUT2D eigenvalue weighted by molar-refractivity contribution is -0.113. The number of piperidine rings is 1. The molecule has 2 aliphatic rings. The van der Waals surface area contributed by atoms with Crippen molar-refractivity contribution in [2.75, 3.05) is 30.7 Å². The molecular weight excluding hydrogens is 322 g/mol. The molecule has 0 unspecified atom stereocenters. The van der Waals surface area contributed by atoms with Gasteiger partial charge in [-0.1, -0.05) is 6.92 Å². The molecule has 0 aliphatic carbocycles. The van der Waals surface area contributed by atoms with E-state index in [1.54, 1.807) is 6.07 Å². The summed E-state index contributed by atoms with van der Waals surface area (Å²) in [5, 5.41) is 5.86. The molecule has 1 aromatic rings. The highest BCUT2D eigenvalue weighted by molar-refractivity contribution is 8.00. The summed E-state index contributed by atoms with van der Waals surface area (Å²) in [5.74, 6) is 1.07. The highest BCUT2D eigenvalue weighted by atomic mass is 32.2. The van der Waals surface area contributed by atoms with Crippen LogP contribution in [0.25, 0.3) is 0 Å². The Hall–Kier alpha value is -1.53. The van der Waals surface area contributed by atoms with Crippen LogP contribution >= 0.6 is 11.8 Å². The average molecular weight is 347 g/mol. The summed E-state index contributed by atoms with van der Waals surface area (Å²) in [6, 6.07) is 5.84. The van der Waals surface area contributed by atoms with E-state index in [4.69, 9.17) is 0 Å². The summed E-state index contributed by atoms with van der Waals surface area (Å²) in [6.07, 6.45) is 2.54. The number of anilines is 1. The van der Waals surface area contributed by atoms with E-state index in [-0.39, 0.29) is 11.8 Å². The van der Waals surface area contributed by atoms with Crippen molar-refractivity contribution in [3.63, 3.8) is 0 Å². The van der Waals surface area contributed by atoms with Crippen molar-refractivity contribution < 1.29 is 9.59 Å². The Morgan fingerprint density at radius 1 is 1.50 bits per heavy atom. The van der Waals surface area contributed by atoms with E-state index in [2.05, 4.69) is 29.4 Å². The lowest BCUT2D eigenvalue weighted by Gasteiger charge is -2.35. The molecule has 1 fully saturated rings. The van der Waals surface area contributed by atoms with Gasteiger partial charge in [0.2, 0.25) is 5.91 Å². The van der Waals surface area contributed by atoms with Gasteiger partial charge in [0.25, 0.3) is 5.91 Å². The van der Waals surface area contributed by atoms with Crippen molar-refractivity contribution in [3.05, 3.63) is 23.8 Å². The number of likely N-dealkylation sites (tertiary alicyclic amines) is 1. The van der Waals surface area contributed by atoms with Gasteiger partial charge in [0.15, 0.2) is 0 Å². The first kappa shape index (κ1) is 17.3. The summed E-state index contributed by atoms with van der Waals surface area (Å²) >= 11 is 1.50. The van der Waals surface area contributed by atoms with Crippen LogP contribution in [-0.2, 0) is 4.79 Å². The molecule has 2 aliphatic heterocycles. The highest BCUT2D eigenvalue weighted by Crippen LogP contribution is 2.31. The maximum Gasteiger partial charge on any atom is 0.251 e. The van der Waals surface area contributed by atoms with Crippen LogP contribution in [0, 0.1) is 5.92 Å². The third kappa shape index (κ3) is 4.11. The molecule has 3 rings (SSSR count). The fourth-order valence-electron chi connectivity index (χ4n) is 3.32. The zero-order valence-electron chi connectivity index (χ0n) is 14.3. The lowest BCUT2D eigenvalue weighted by atomic mass is 9.99. The molecule has 5 nitrogen and oxygen atoms in total. The van der Waals surface area contributed by atoms with Crippen LogP contribution < -0.4 is 10.6 Å². The van der Waals surface area contributed by atoms with Gasteiger partial charge >= 0.3 is 0 Å². The molecular formula is C18H25N3O2S. The Kier molecular flexibility index (Phi) is 5.46. The molecule has 1 saturated heterocycles. The van der Waals surface area contributed by atoms with E-state index in [0.29, 0.717) is 23.9 Å². The Morgan fingerprint density at radius 3 is 3.12 bits per heavy atom. The second-order valence-corrected chi connectivity index (χ2v) is 7.87. The predicted octanol–water partition coefficient (Wildman–Crippen LogP) is 2.58. The van der Waals surface area contributed by atoms with Crippen LogP contribution in [0.1, 0.15) is 37.0 Å². The molecule has 0 aromatic heterocycles. The van der Waals surface area contributed by atoms with Crippen LogP contribution in [0.4, 0.5) is 5.69 Å². The maximum atomic E-state index is 12.4. The number of rotatable bonds is 4. The fourth-order valence-corrected chi connectivity index (χ4v) is 4.11. The van der Waals surface area contributed by atoms with Crippen molar-refractivity contribution in [2.24, 2.45) is 5.92 Å². The van der Waals surface area contributed by atoms with Crippen molar-refractivity contribution in [1.29, 1.82) is 0 Å². The van der Waals surface area contributed by atoms with Gasteiger partial charge in [-0.15, -0.1) is 11.8 Å². The van der Waals surface area contributed by atoms with Gasteiger partial charge in [-0.25, -0.2) is 0 Å². The summed E-state index contributed by atoms with van der Waals surface area (Å²) < 4.78 is 0.